The van der Waals surface area contributed by atoms with Crippen LogP contribution in [0.4, 0.5) is 23.1 Å². The van der Waals surface area contributed by atoms with Crippen LogP contribution in [-0.2, 0) is 15.1 Å². The zero-order chi connectivity index (χ0) is 49.1. The average Bonchev–Trinajstić information content (AvgIpc) is 4.11. The number of allylic oxidation sites excluding steroid dienone is 2. The number of nitrogens with one attached hydrogen (secondary N) is 3. The maximum Gasteiger partial charge on any atom is 0.262 e. The predicted octanol–water partition coefficient (Wildman–Crippen LogP) is 3.75. The Bertz CT molecular complexity index is 2950. The average molecular weight is 963 g/mol. The third-order valence-electron chi connectivity index (χ3n) is 15.8. The molecule has 3 N–H and O–H groups in total. The number of H-pyrrole nitrogens is 1. The first-order chi connectivity index (χ1) is 34.3. The number of piperazine rings is 2. The fourth-order valence-corrected chi connectivity index (χ4v) is 11.5. The number of hydrogen-bond donors (Lipinski definition) is 3. The molecule has 5 aromatic rings. The molecule has 0 bridgehead atoms. The summed E-state index contributed by atoms with van der Waals surface area (Å²) in [6, 6.07) is 14.6. The fourth-order valence-electron chi connectivity index (χ4n) is 11.5. The number of benzene rings is 2. The van der Waals surface area contributed by atoms with Crippen LogP contribution in [0.5, 0.6) is 0 Å². The minimum absolute atomic E-state index is 0.218. The van der Waals surface area contributed by atoms with Crippen molar-refractivity contribution in [1.29, 1.82) is 0 Å². The first kappa shape index (κ1) is 46.4. The second-order valence-electron chi connectivity index (χ2n) is 20.4. The highest BCUT2D eigenvalue weighted by atomic mass is 16.2. The maximum atomic E-state index is 13.9. The Kier molecular flexibility index (Phi) is 12.2. The fraction of sp³-hybridized carbons (Fsp3) is 0.471. The van der Waals surface area contributed by atoms with Crippen molar-refractivity contribution in [2.45, 2.75) is 58.0 Å². The van der Waals surface area contributed by atoms with Crippen molar-refractivity contribution in [3.05, 3.63) is 89.4 Å². The molecule has 9 heterocycles. The van der Waals surface area contributed by atoms with Gasteiger partial charge in [-0.15, -0.1) is 0 Å². The lowest BCUT2D eigenvalue weighted by Gasteiger charge is -2.40. The molecule has 20 heteroatoms. The highest BCUT2D eigenvalue weighted by molar-refractivity contribution is 6.23. The number of imide groups is 1. The molecule has 0 radical (unpaired) electrons. The third-order valence-corrected chi connectivity index (χ3v) is 15.8. The van der Waals surface area contributed by atoms with Gasteiger partial charge in [0.05, 0.1) is 27.8 Å². The van der Waals surface area contributed by atoms with Gasteiger partial charge in [0.2, 0.25) is 11.9 Å². The summed E-state index contributed by atoms with van der Waals surface area (Å²) in [4.78, 5) is 73.5. The molecule has 11 rings (SSSR count). The number of anilines is 4. The van der Waals surface area contributed by atoms with Crippen LogP contribution in [0.15, 0.2) is 78.3 Å². The number of pyridine rings is 1. The van der Waals surface area contributed by atoms with E-state index >= 15 is 0 Å². The van der Waals surface area contributed by atoms with E-state index in [0.717, 1.165) is 142 Å². The number of carbonyl (C=O) groups excluding carboxylic acids is 4. The minimum atomic E-state index is -0.804. The lowest BCUT2D eigenvalue weighted by Crippen LogP contribution is -2.52. The highest BCUT2D eigenvalue weighted by Crippen LogP contribution is 2.38. The summed E-state index contributed by atoms with van der Waals surface area (Å²) < 4.78 is 1.68. The van der Waals surface area contributed by atoms with Crippen LogP contribution in [0.1, 0.15) is 67.2 Å². The Hall–Kier alpha value is -7.03. The molecule has 4 fully saturated rings. The maximum absolute atomic E-state index is 13.9. The van der Waals surface area contributed by atoms with Crippen molar-refractivity contribution in [3.63, 3.8) is 0 Å². The molecule has 20 nitrogen and oxygen atoms in total. The van der Waals surface area contributed by atoms with Crippen molar-refractivity contribution in [1.82, 2.24) is 60.3 Å². The van der Waals surface area contributed by atoms with Crippen LogP contribution in [0, 0.1) is 5.92 Å². The molecule has 4 saturated heterocycles. The van der Waals surface area contributed by atoms with E-state index in [0.29, 0.717) is 52.8 Å². The van der Waals surface area contributed by atoms with Gasteiger partial charge in [0, 0.05) is 132 Å². The number of aromatic amines is 1. The van der Waals surface area contributed by atoms with Crippen molar-refractivity contribution in [3.8, 4) is 11.3 Å². The molecular weight excluding hydrogens is 901 g/mol. The summed E-state index contributed by atoms with van der Waals surface area (Å²) >= 11 is 0. The van der Waals surface area contributed by atoms with Gasteiger partial charge in [-0.25, -0.2) is 9.67 Å². The van der Waals surface area contributed by atoms with E-state index in [1.54, 1.807) is 10.7 Å². The zero-order valence-corrected chi connectivity index (χ0v) is 41.0. The number of hydrogen-bond acceptors (Lipinski definition) is 15. The predicted molar refractivity (Wildman–Crippen MR) is 270 cm³/mol. The van der Waals surface area contributed by atoms with E-state index in [-0.39, 0.29) is 17.7 Å². The summed E-state index contributed by atoms with van der Waals surface area (Å²) in [7, 11) is 1.86. The van der Waals surface area contributed by atoms with Crippen LogP contribution < -0.4 is 25.3 Å². The van der Waals surface area contributed by atoms with E-state index in [9.17, 15) is 19.2 Å². The normalized spacial score (nSPS) is 21.6. The lowest BCUT2D eigenvalue weighted by molar-refractivity contribution is -0.125. The van der Waals surface area contributed by atoms with Crippen molar-refractivity contribution >= 4 is 57.7 Å². The first-order valence-electron chi connectivity index (χ1n) is 25.0. The molecule has 1 atom stereocenters. The van der Waals surface area contributed by atoms with Gasteiger partial charge in [-0.1, -0.05) is 11.7 Å². The quantitative estimate of drug-likeness (QED) is 0.162. The van der Waals surface area contributed by atoms with Crippen molar-refractivity contribution < 1.29 is 19.2 Å². The van der Waals surface area contributed by atoms with E-state index in [4.69, 9.17) is 10.1 Å². The standard InChI is InChI=1S/C51H62N16O4/c1-32-6-11-42(46(68)53-32)66-48(70)38-9-8-37(30-39(38)49(66)71)64-16-13-34(14-17-64)31-63-22-20-61(21-23-63)18-19-62-24-26-65(27-25-62)43-28-35(12-15-52-43)45-40-29-36(7-10-41(40)55-56-45)54-47(69)44-33(2)60(5)50-57-58-59-67(50)51(44,3)4/h7-10,12,15,28-30,34,42H,1,6,11,13-14,16-27,31H2,2-5H3,(H,53,68)(H,54,69)(H,55,56). The summed E-state index contributed by atoms with van der Waals surface area (Å²) in [6.07, 6.45) is 4.96. The molecule has 3 aromatic heterocycles. The van der Waals surface area contributed by atoms with Crippen molar-refractivity contribution in [2.24, 2.45) is 5.92 Å². The van der Waals surface area contributed by atoms with Gasteiger partial charge in [-0.2, -0.15) is 5.10 Å². The van der Waals surface area contributed by atoms with Gasteiger partial charge in [0.15, 0.2) is 0 Å². The summed E-state index contributed by atoms with van der Waals surface area (Å²) in [5.41, 5.74) is 6.24. The molecule has 0 spiro atoms. The number of piperidine rings is 2. The number of tetrazole rings is 1. The molecule has 4 amide bonds. The van der Waals surface area contributed by atoms with E-state index in [2.05, 4.69) is 68.4 Å². The summed E-state index contributed by atoms with van der Waals surface area (Å²) in [5, 5.41) is 26.8. The molecule has 6 aliphatic heterocycles. The van der Waals surface area contributed by atoms with Gasteiger partial charge in [0.1, 0.15) is 17.6 Å². The van der Waals surface area contributed by atoms with Gasteiger partial charge in [-0.3, -0.25) is 39.0 Å². The first-order valence-corrected chi connectivity index (χ1v) is 25.0. The SMILES string of the molecule is C=C1CCC(N2C(=O)c3ccc(N4CCC(CN5CCN(CCN6CCN(c7cc(-c8n[nH]c9ccc(NC(=O)C%10=C(C)N(C)c%11nnnn%11C%10(C)C)cc89)ccn7)CC6)CC5)CC4)cc3C2=O)C(=O)N1. The molecular formula is C51H62N16O4. The van der Waals surface area contributed by atoms with Crippen molar-refractivity contribution in [2.75, 3.05) is 112 Å². The second kappa shape index (κ2) is 18.6. The molecule has 1 unspecified atom stereocenters. The Balaban J connectivity index is 0.623. The number of carbonyl (C=O) groups is 4. The van der Waals surface area contributed by atoms with Gasteiger partial charge in [0.25, 0.3) is 17.7 Å². The topological polar surface area (TPSA) is 200 Å². The van der Waals surface area contributed by atoms with E-state index in [1.807, 2.05) is 75.3 Å². The lowest BCUT2D eigenvalue weighted by atomic mass is 9.89. The molecule has 0 saturated carbocycles. The van der Waals surface area contributed by atoms with Crippen LogP contribution in [0.25, 0.3) is 22.2 Å². The number of aromatic nitrogens is 7. The Labute approximate surface area is 412 Å². The smallest absolute Gasteiger partial charge is 0.262 e. The zero-order valence-electron chi connectivity index (χ0n) is 41.0. The Morgan fingerprint density at radius 1 is 0.831 bits per heavy atom. The highest BCUT2D eigenvalue weighted by Gasteiger charge is 2.45. The van der Waals surface area contributed by atoms with Crippen LogP contribution in [0.3, 0.4) is 0 Å². The van der Waals surface area contributed by atoms with E-state index < -0.39 is 17.5 Å². The van der Waals surface area contributed by atoms with E-state index in [1.165, 1.54) is 0 Å². The van der Waals surface area contributed by atoms with Crippen LogP contribution in [-0.4, -0.2) is 177 Å². The number of rotatable bonds is 11. The van der Waals surface area contributed by atoms with Gasteiger partial charge in [-0.05, 0) is 111 Å². The number of nitrogens with zero attached hydrogens (tertiary/aromatic N) is 13. The van der Waals surface area contributed by atoms with Crippen LogP contribution >= 0.6 is 0 Å². The number of fused-ring (bicyclic) bond motifs is 3. The largest absolute Gasteiger partial charge is 0.371 e. The van der Waals surface area contributed by atoms with Crippen LogP contribution in [0.2, 0.25) is 0 Å². The molecule has 0 aliphatic carbocycles. The third kappa shape index (κ3) is 8.71. The summed E-state index contributed by atoms with van der Waals surface area (Å²) in [6.45, 7) is 22.7. The second-order valence-corrected chi connectivity index (χ2v) is 20.4. The molecule has 2 aromatic carbocycles. The Morgan fingerprint density at radius 2 is 1.55 bits per heavy atom. The monoisotopic (exact) mass is 963 g/mol. The molecule has 71 heavy (non-hydrogen) atoms. The van der Waals surface area contributed by atoms with Gasteiger partial charge < -0.3 is 30.2 Å². The summed E-state index contributed by atoms with van der Waals surface area (Å²) in [5.74, 6) is 0.797. The minimum Gasteiger partial charge on any atom is -0.371 e. The Morgan fingerprint density at radius 3 is 2.30 bits per heavy atom. The molecule has 370 valence electrons. The number of amides is 4. The molecule has 6 aliphatic rings. The van der Waals surface area contributed by atoms with Gasteiger partial charge >= 0.3 is 0 Å².